The Morgan fingerprint density at radius 2 is 1.94 bits per heavy atom. The van der Waals surface area contributed by atoms with Crippen LogP contribution in [-0.2, 0) is 6.54 Å². The molecule has 1 aliphatic rings. The van der Waals surface area contributed by atoms with Gasteiger partial charge in [-0.2, -0.15) is 5.10 Å². The van der Waals surface area contributed by atoms with Crippen molar-refractivity contribution in [1.82, 2.24) is 19.7 Å². The Balaban J connectivity index is 1.72. The minimum absolute atomic E-state index is 0.307. The fourth-order valence-electron chi connectivity index (χ4n) is 4.48. The molecule has 0 unspecified atom stereocenters. The number of hydrogen-bond donors (Lipinski definition) is 1. The van der Waals surface area contributed by atoms with Gasteiger partial charge in [-0.15, -0.1) is 0 Å². The van der Waals surface area contributed by atoms with E-state index in [1.165, 1.54) is 0 Å². The highest BCUT2D eigenvalue weighted by molar-refractivity contribution is 6.32. The molecule has 0 amide bonds. The lowest BCUT2D eigenvalue weighted by Gasteiger charge is -2.30. The van der Waals surface area contributed by atoms with Crippen LogP contribution >= 0.6 is 23.2 Å². The smallest absolute Gasteiger partial charge is 0.336 e. The van der Waals surface area contributed by atoms with Crippen LogP contribution in [0.1, 0.15) is 39.8 Å². The molecule has 3 heterocycles. The number of fused-ring (bicyclic) bond motifs is 2. The maximum atomic E-state index is 12.3. The zero-order valence-corrected chi connectivity index (χ0v) is 20.2. The number of carbonyl (C=O) groups is 1. The average Bonchev–Trinajstić information content (AvgIpc) is 3.10. The van der Waals surface area contributed by atoms with Gasteiger partial charge in [0, 0.05) is 34.6 Å². The molecular weight excluding hydrogens is 471 g/mol. The molecule has 0 atom stereocenters. The van der Waals surface area contributed by atoms with Crippen LogP contribution < -0.4 is 0 Å². The largest absolute Gasteiger partial charge is 0.478 e. The van der Waals surface area contributed by atoms with E-state index in [0.29, 0.717) is 45.4 Å². The molecule has 0 bridgehead atoms. The molecule has 2 aromatic heterocycles. The Labute approximate surface area is 207 Å². The first kappa shape index (κ1) is 22.6. The maximum Gasteiger partial charge on any atom is 0.336 e. The second-order valence-corrected chi connectivity index (χ2v) is 9.09. The monoisotopic (exact) mass is 492 g/mol. The number of halogens is 2. The molecule has 6 nitrogen and oxygen atoms in total. The first-order chi connectivity index (χ1) is 16.4. The molecule has 34 heavy (non-hydrogen) atoms. The molecule has 0 radical (unpaired) electrons. The summed E-state index contributed by atoms with van der Waals surface area (Å²) < 4.78 is 1.66. The number of benzene rings is 2. The Hall–Kier alpha value is -3.19. The van der Waals surface area contributed by atoms with Crippen molar-refractivity contribution in [1.29, 1.82) is 0 Å². The molecule has 0 spiro atoms. The Morgan fingerprint density at radius 1 is 1.15 bits per heavy atom. The number of aromatic carboxylic acids is 1. The van der Waals surface area contributed by atoms with Gasteiger partial charge >= 0.3 is 5.97 Å². The van der Waals surface area contributed by atoms with Crippen LogP contribution in [-0.4, -0.2) is 43.8 Å². The summed E-state index contributed by atoms with van der Waals surface area (Å²) in [5, 5.41) is 16.4. The van der Waals surface area contributed by atoms with Gasteiger partial charge < -0.3 is 5.11 Å². The standard InChI is InChI=1S/C26H22Cl2N4O2/c1-3-31-13-16(11-20-15(2)30-32(25(20)28)18-8-6-7-17(27)12-18)24-21(14-31)23(26(33)34)19-9-4-5-10-22(19)29-24/h4-12H,3,13-14H2,1-2H3,(H,33,34)/b16-11+. The second-order valence-electron chi connectivity index (χ2n) is 8.29. The quantitative estimate of drug-likeness (QED) is 0.372. The molecule has 1 aliphatic heterocycles. The molecule has 172 valence electrons. The van der Waals surface area contributed by atoms with Crippen molar-refractivity contribution in [3.05, 3.63) is 86.8 Å². The highest BCUT2D eigenvalue weighted by atomic mass is 35.5. The van der Waals surface area contributed by atoms with Crippen molar-refractivity contribution < 1.29 is 9.90 Å². The van der Waals surface area contributed by atoms with Gasteiger partial charge in [0.15, 0.2) is 0 Å². The number of carboxylic acid groups (broad SMARTS) is 1. The number of carboxylic acids is 1. The van der Waals surface area contributed by atoms with E-state index in [9.17, 15) is 9.90 Å². The number of nitrogens with zero attached hydrogens (tertiary/aromatic N) is 4. The number of aryl methyl sites for hydroxylation is 1. The summed E-state index contributed by atoms with van der Waals surface area (Å²) in [6.45, 7) is 5.89. The van der Waals surface area contributed by atoms with Crippen LogP contribution in [0.25, 0.3) is 28.2 Å². The number of likely N-dealkylation sites (N-methyl/N-ethyl adjacent to an activating group) is 1. The van der Waals surface area contributed by atoms with Gasteiger partial charge in [0.05, 0.1) is 28.2 Å². The van der Waals surface area contributed by atoms with Gasteiger partial charge in [0.25, 0.3) is 0 Å². The minimum atomic E-state index is -0.949. The van der Waals surface area contributed by atoms with E-state index in [2.05, 4.69) is 16.9 Å². The number of aromatic nitrogens is 3. The first-order valence-corrected chi connectivity index (χ1v) is 11.7. The van der Waals surface area contributed by atoms with E-state index in [4.69, 9.17) is 28.2 Å². The fourth-order valence-corrected chi connectivity index (χ4v) is 4.99. The highest BCUT2D eigenvalue weighted by Gasteiger charge is 2.28. The third-order valence-electron chi connectivity index (χ3n) is 6.15. The van der Waals surface area contributed by atoms with E-state index in [1.807, 2.05) is 49.4 Å². The maximum absolute atomic E-state index is 12.3. The highest BCUT2D eigenvalue weighted by Crippen LogP contribution is 2.36. The number of pyridine rings is 1. The van der Waals surface area contributed by atoms with Crippen LogP contribution in [0.15, 0.2) is 48.5 Å². The van der Waals surface area contributed by atoms with Crippen LogP contribution in [0.2, 0.25) is 10.2 Å². The predicted molar refractivity (Wildman–Crippen MR) is 136 cm³/mol. The van der Waals surface area contributed by atoms with Crippen molar-refractivity contribution in [3.8, 4) is 5.69 Å². The summed E-state index contributed by atoms with van der Waals surface area (Å²) in [7, 11) is 0. The SMILES string of the molecule is CCN1C/C(=C\c2c(C)nn(-c3cccc(Cl)c3)c2Cl)c2nc3ccccc3c(C(=O)O)c2C1. The number of hydrogen-bond acceptors (Lipinski definition) is 4. The van der Waals surface area contributed by atoms with E-state index in [-0.39, 0.29) is 0 Å². The number of rotatable bonds is 4. The zero-order valence-electron chi connectivity index (χ0n) is 18.7. The number of para-hydroxylation sites is 1. The van der Waals surface area contributed by atoms with Gasteiger partial charge in [-0.25, -0.2) is 14.5 Å². The van der Waals surface area contributed by atoms with Crippen molar-refractivity contribution in [2.45, 2.75) is 20.4 Å². The normalized spacial score (nSPS) is 15.1. The van der Waals surface area contributed by atoms with Crippen molar-refractivity contribution in [3.63, 3.8) is 0 Å². The van der Waals surface area contributed by atoms with Gasteiger partial charge in [0.2, 0.25) is 0 Å². The Kier molecular flexibility index (Phi) is 5.90. The minimum Gasteiger partial charge on any atom is -0.478 e. The summed E-state index contributed by atoms with van der Waals surface area (Å²) in [6, 6.07) is 14.7. The molecule has 5 rings (SSSR count). The molecule has 0 saturated carbocycles. The second kappa shape index (κ2) is 8.87. The molecule has 0 saturated heterocycles. The lowest BCUT2D eigenvalue weighted by Crippen LogP contribution is -2.31. The van der Waals surface area contributed by atoms with Gasteiger partial charge in [-0.1, -0.05) is 54.4 Å². The summed E-state index contributed by atoms with van der Waals surface area (Å²) in [4.78, 5) is 19.4. The van der Waals surface area contributed by atoms with Gasteiger partial charge in [0.1, 0.15) is 5.15 Å². The summed E-state index contributed by atoms with van der Waals surface area (Å²) in [5.74, 6) is -0.949. The van der Waals surface area contributed by atoms with Crippen LogP contribution in [0.5, 0.6) is 0 Å². The Bertz CT molecular complexity index is 1480. The van der Waals surface area contributed by atoms with Crippen LogP contribution in [0, 0.1) is 6.92 Å². The topological polar surface area (TPSA) is 71.2 Å². The van der Waals surface area contributed by atoms with Crippen molar-refractivity contribution in [2.24, 2.45) is 0 Å². The van der Waals surface area contributed by atoms with Crippen LogP contribution in [0.4, 0.5) is 0 Å². The summed E-state index contributed by atoms with van der Waals surface area (Å²) >= 11 is 13.0. The van der Waals surface area contributed by atoms with Gasteiger partial charge in [-0.05, 0) is 49.4 Å². The van der Waals surface area contributed by atoms with E-state index in [1.54, 1.807) is 16.8 Å². The third-order valence-corrected chi connectivity index (χ3v) is 6.75. The fraction of sp³-hybridized carbons (Fsp3) is 0.192. The molecule has 8 heteroatoms. The van der Waals surface area contributed by atoms with Crippen LogP contribution in [0.3, 0.4) is 0 Å². The van der Waals surface area contributed by atoms with E-state index >= 15 is 0 Å². The van der Waals surface area contributed by atoms with Gasteiger partial charge in [-0.3, -0.25) is 4.90 Å². The first-order valence-electron chi connectivity index (χ1n) is 11.0. The molecular formula is C26H22Cl2N4O2. The van der Waals surface area contributed by atoms with Crippen molar-refractivity contribution >= 4 is 51.7 Å². The van der Waals surface area contributed by atoms with E-state index in [0.717, 1.165) is 34.6 Å². The predicted octanol–water partition coefficient (Wildman–Crippen LogP) is 6.11. The molecule has 0 aliphatic carbocycles. The van der Waals surface area contributed by atoms with Crippen molar-refractivity contribution in [2.75, 3.05) is 13.1 Å². The summed E-state index contributed by atoms with van der Waals surface area (Å²) in [5.41, 5.74) is 5.59. The van der Waals surface area contributed by atoms with E-state index < -0.39 is 5.97 Å². The summed E-state index contributed by atoms with van der Waals surface area (Å²) in [6.07, 6.45) is 1.99. The third kappa shape index (κ3) is 3.88. The molecule has 2 aromatic carbocycles. The zero-order chi connectivity index (χ0) is 24.0. The average molecular weight is 493 g/mol. The molecule has 0 fully saturated rings. The Morgan fingerprint density at radius 3 is 2.68 bits per heavy atom. The lowest BCUT2D eigenvalue weighted by atomic mass is 9.92. The lowest BCUT2D eigenvalue weighted by molar-refractivity contribution is 0.0696. The molecule has 1 N–H and O–H groups in total. The molecule has 4 aromatic rings.